The Balaban J connectivity index is 2.49. The van der Waals surface area contributed by atoms with Crippen LogP contribution in [-0.2, 0) is 0 Å². The third-order valence-corrected chi connectivity index (χ3v) is 3.54. The Bertz CT molecular complexity index is 538. The second-order valence-electron chi connectivity index (χ2n) is 5.18. The van der Waals surface area contributed by atoms with Gasteiger partial charge in [-0.1, -0.05) is 17.7 Å². The molecule has 2 rings (SSSR count). The van der Waals surface area contributed by atoms with Gasteiger partial charge in [0.05, 0.1) is 6.04 Å². The summed E-state index contributed by atoms with van der Waals surface area (Å²) in [5.41, 5.74) is 12.4. The predicted molar refractivity (Wildman–Crippen MR) is 74.9 cm³/mol. The molecule has 0 aliphatic carbocycles. The summed E-state index contributed by atoms with van der Waals surface area (Å²) in [6, 6.07) is 6.20. The first-order chi connectivity index (χ1) is 8.40. The van der Waals surface area contributed by atoms with Crippen LogP contribution in [0.2, 0.25) is 0 Å². The molecule has 0 aliphatic rings. The Morgan fingerprint density at radius 2 is 1.44 bits per heavy atom. The molecule has 1 unspecified atom stereocenters. The van der Waals surface area contributed by atoms with Crippen molar-refractivity contribution >= 4 is 0 Å². The van der Waals surface area contributed by atoms with Crippen LogP contribution in [0.3, 0.4) is 0 Å². The first-order valence-electron chi connectivity index (χ1n) is 6.30. The molecule has 0 aliphatic heterocycles. The number of hydrogen-bond donors (Lipinski definition) is 1. The highest BCUT2D eigenvalue weighted by atomic mass is 16.3. The van der Waals surface area contributed by atoms with E-state index in [4.69, 9.17) is 10.2 Å². The minimum Gasteiger partial charge on any atom is -0.464 e. The Kier molecular flexibility index (Phi) is 3.31. The molecule has 0 bridgehead atoms. The molecule has 0 fully saturated rings. The average molecular weight is 243 g/mol. The summed E-state index contributed by atoms with van der Waals surface area (Å²) < 4.78 is 5.75. The van der Waals surface area contributed by atoms with Crippen molar-refractivity contribution in [2.24, 2.45) is 5.73 Å². The molecule has 0 radical (unpaired) electrons. The van der Waals surface area contributed by atoms with Crippen LogP contribution < -0.4 is 5.73 Å². The quantitative estimate of drug-likeness (QED) is 0.869. The lowest BCUT2D eigenvalue weighted by molar-refractivity contribution is 0.464. The van der Waals surface area contributed by atoms with Gasteiger partial charge < -0.3 is 10.2 Å². The molecule has 2 nitrogen and oxygen atoms in total. The van der Waals surface area contributed by atoms with Gasteiger partial charge in [0.2, 0.25) is 0 Å². The lowest BCUT2D eigenvalue weighted by atomic mass is 9.93. The third-order valence-electron chi connectivity index (χ3n) is 3.54. The van der Waals surface area contributed by atoms with Crippen molar-refractivity contribution in [1.82, 2.24) is 0 Å². The second-order valence-corrected chi connectivity index (χ2v) is 5.18. The average Bonchev–Trinajstić information content (AvgIpc) is 2.57. The van der Waals surface area contributed by atoms with Crippen LogP contribution in [-0.4, -0.2) is 0 Å². The number of nitrogens with two attached hydrogens (primary N) is 1. The fourth-order valence-corrected chi connectivity index (χ4v) is 2.58. The zero-order chi connectivity index (χ0) is 13.4. The lowest BCUT2D eigenvalue weighted by Crippen LogP contribution is -2.14. The molecule has 0 spiro atoms. The lowest BCUT2D eigenvalue weighted by Gasteiger charge is -2.16. The van der Waals surface area contributed by atoms with Gasteiger partial charge in [-0.25, -0.2) is 0 Å². The SMILES string of the molecule is Cc1cc(C)c(C(N)c2cc(C)c(C)o2)c(C)c1. The summed E-state index contributed by atoms with van der Waals surface area (Å²) >= 11 is 0. The van der Waals surface area contributed by atoms with Gasteiger partial charge in [-0.15, -0.1) is 0 Å². The van der Waals surface area contributed by atoms with Crippen LogP contribution in [0.1, 0.15) is 45.4 Å². The van der Waals surface area contributed by atoms with Gasteiger partial charge in [0, 0.05) is 0 Å². The normalized spacial score (nSPS) is 12.8. The van der Waals surface area contributed by atoms with Crippen LogP contribution in [0, 0.1) is 34.6 Å². The largest absolute Gasteiger partial charge is 0.464 e. The summed E-state index contributed by atoms with van der Waals surface area (Å²) in [6.07, 6.45) is 0. The zero-order valence-electron chi connectivity index (χ0n) is 11.8. The van der Waals surface area contributed by atoms with Crippen LogP contribution in [0.4, 0.5) is 0 Å². The molecule has 0 saturated carbocycles. The first kappa shape index (κ1) is 12.9. The highest BCUT2D eigenvalue weighted by molar-refractivity contribution is 5.42. The fourth-order valence-electron chi connectivity index (χ4n) is 2.58. The fraction of sp³-hybridized carbons (Fsp3) is 0.375. The van der Waals surface area contributed by atoms with Crippen LogP contribution in [0.5, 0.6) is 0 Å². The van der Waals surface area contributed by atoms with E-state index in [0.29, 0.717) is 0 Å². The highest BCUT2D eigenvalue weighted by Crippen LogP contribution is 2.29. The molecule has 2 N–H and O–H groups in total. The minimum absolute atomic E-state index is 0.182. The van der Waals surface area contributed by atoms with E-state index in [9.17, 15) is 0 Å². The van der Waals surface area contributed by atoms with E-state index < -0.39 is 0 Å². The number of rotatable bonds is 2. The monoisotopic (exact) mass is 243 g/mol. The third kappa shape index (κ3) is 2.21. The summed E-state index contributed by atoms with van der Waals surface area (Å²) in [7, 11) is 0. The molecule has 0 amide bonds. The Morgan fingerprint density at radius 3 is 1.89 bits per heavy atom. The molecular formula is C16H21NO. The maximum absolute atomic E-state index is 6.36. The summed E-state index contributed by atoms with van der Waals surface area (Å²) in [5, 5.41) is 0. The molecule has 18 heavy (non-hydrogen) atoms. The highest BCUT2D eigenvalue weighted by Gasteiger charge is 2.18. The van der Waals surface area contributed by atoms with Crippen molar-refractivity contribution in [2.45, 2.75) is 40.7 Å². The van der Waals surface area contributed by atoms with Crippen molar-refractivity contribution in [2.75, 3.05) is 0 Å². The van der Waals surface area contributed by atoms with E-state index >= 15 is 0 Å². The molecule has 1 aromatic heterocycles. The Hall–Kier alpha value is -1.54. The number of furan rings is 1. The Labute approximate surface area is 109 Å². The summed E-state index contributed by atoms with van der Waals surface area (Å²) in [5.74, 6) is 1.79. The Morgan fingerprint density at radius 1 is 0.889 bits per heavy atom. The number of hydrogen-bond acceptors (Lipinski definition) is 2. The van der Waals surface area contributed by atoms with Crippen LogP contribution >= 0.6 is 0 Å². The first-order valence-corrected chi connectivity index (χ1v) is 6.30. The van der Waals surface area contributed by atoms with Crippen molar-refractivity contribution in [3.8, 4) is 0 Å². The smallest absolute Gasteiger partial charge is 0.125 e. The topological polar surface area (TPSA) is 39.2 Å². The minimum atomic E-state index is -0.182. The van der Waals surface area contributed by atoms with Gasteiger partial charge in [0.1, 0.15) is 11.5 Å². The van der Waals surface area contributed by atoms with E-state index in [1.54, 1.807) is 0 Å². The van der Waals surface area contributed by atoms with Crippen molar-refractivity contribution in [3.05, 3.63) is 57.5 Å². The van der Waals surface area contributed by atoms with Gasteiger partial charge in [-0.2, -0.15) is 0 Å². The van der Waals surface area contributed by atoms with Gasteiger partial charge in [0.15, 0.2) is 0 Å². The van der Waals surface area contributed by atoms with E-state index in [1.165, 1.54) is 22.3 Å². The molecule has 1 atom stereocenters. The van der Waals surface area contributed by atoms with Gasteiger partial charge in [-0.3, -0.25) is 0 Å². The molecule has 0 saturated heterocycles. The van der Waals surface area contributed by atoms with E-state index in [2.05, 4.69) is 32.9 Å². The molecule has 2 aromatic rings. The van der Waals surface area contributed by atoms with E-state index in [-0.39, 0.29) is 6.04 Å². The number of aryl methyl sites for hydroxylation is 5. The molecule has 2 heteroatoms. The summed E-state index contributed by atoms with van der Waals surface area (Å²) in [4.78, 5) is 0. The zero-order valence-corrected chi connectivity index (χ0v) is 11.8. The number of benzene rings is 1. The summed E-state index contributed by atoms with van der Waals surface area (Å²) in [6.45, 7) is 10.3. The van der Waals surface area contributed by atoms with E-state index in [1.807, 2.05) is 19.9 Å². The van der Waals surface area contributed by atoms with Crippen molar-refractivity contribution < 1.29 is 4.42 Å². The molecular weight excluding hydrogens is 222 g/mol. The van der Waals surface area contributed by atoms with E-state index in [0.717, 1.165) is 17.1 Å². The molecule has 96 valence electrons. The van der Waals surface area contributed by atoms with Crippen LogP contribution in [0.25, 0.3) is 0 Å². The van der Waals surface area contributed by atoms with Gasteiger partial charge >= 0.3 is 0 Å². The van der Waals surface area contributed by atoms with Crippen molar-refractivity contribution in [1.29, 1.82) is 0 Å². The second kappa shape index (κ2) is 4.62. The standard InChI is InChI=1S/C16H21NO/c1-9-6-11(3)15(12(4)7-9)16(17)14-8-10(2)13(5)18-14/h6-8,16H,17H2,1-5H3. The van der Waals surface area contributed by atoms with Crippen molar-refractivity contribution in [3.63, 3.8) is 0 Å². The maximum Gasteiger partial charge on any atom is 0.125 e. The molecule has 1 heterocycles. The molecule has 1 aromatic carbocycles. The predicted octanol–water partition coefficient (Wildman–Crippen LogP) is 3.87. The van der Waals surface area contributed by atoms with Gasteiger partial charge in [-0.05, 0) is 62.9 Å². The van der Waals surface area contributed by atoms with Gasteiger partial charge in [0.25, 0.3) is 0 Å². The van der Waals surface area contributed by atoms with Crippen LogP contribution in [0.15, 0.2) is 22.6 Å². The maximum atomic E-state index is 6.36.